The minimum absolute atomic E-state index is 0.0294. The van der Waals surface area contributed by atoms with Crippen molar-refractivity contribution >= 4 is 5.78 Å². The molecular weight excluding hydrogens is 745 g/mol. The number of fused-ring (bicyclic) bond motifs is 2. The molecule has 11 atom stereocenters. The van der Waals surface area contributed by atoms with Gasteiger partial charge < -0.3 is 34.6 Å². The van der Waals surface area contributed by atoms with Crippen LogP contribution < -0.4 is 9.47 Å². The van der Waals surface area contributed by atoms with Gasteiger partial charge in [0.25, 0.3) is 0 Å². The van der Waals surface area contributed by atoms with E-state index in [4.69, 9.17) is 14.2 Å². The number of methoxy groups -OCH3 is 1. The lowest BCUT2D eigenvalue weighted by molar-refractivity contribution is -0.312. The standard InChI is InChI=1S/C29H41NO4.C20H23NO4/c1-25(2,3)26(4,32)20-15-27-10-11-29(20,33-5)24-28(27)12-13-30(16-17-6-7-17)21(27)14-18-8-9-19(31)23(34-24)22(18)28;22-13-4-3-12-9-15-20(24)6-5-14(23)18-19(20,16(12)17(13)25-18)7-8-21(15)10-11-1-2-11/h8-9,17,20-21,24,31-32H,6-7,10-16H2,1-5H3;3-4,11,15,18,22,24H,1-2,5-10H2/t20-,21-,24-,26+,27-,28+,29-;15-,18+,19+,20-/m11/s1. The van der Waals surface area contributed by atoms with E-state index in [0.29, 0.717) is 30.4 Å². The molecule has 10 heteroatoms. The lowest BCUT2D eigenvalue weighted by Gasteiger charge is -2.75. The van der Waals surface area contributed by atoms with Gasteiger partial charge in [0.1, 0.15) is 11.7 Å². The van der Waals surface area contributed by atoms with E-state index < -0.39 is 28.3 Å². The number of Topliss-reactive ketones (excluding diaryl/α,β-unsaturated/α-hetero) is 1. The number of likely N-dealkylation sites (tertiary alicyclic amines) is 2. The molecule has 6 bridgehead atoms. The number of hydrogen-bond donors (Lipinski definition) is 4. The van der Waals surface area contributed by atoms with Gasteiger partial charge in [0.15, 0.2) is 34.9 Å². The molecule has 2 saturated heterocycles. The summed E-state index contributed by atoms with van der Waals surface area (Å²) in [4.78, 5) is 18.0. The summed E-state index contributed by atoms with van der Waals surface area (Å²) in [5, 5.41) is 45.5. The summed E-state index contributed by atoms with van der Waals surface area (Å²) in [5.74, 6) is 3.19. The molecule has 0 unspecified atom stereocenters. The maximum Gasteiger partial charge on any atom is 0.174 e. The predicted octanol–water partition coefficient (Wildman–Crippen LogP) is 5.94. The number of aliphatic hydroxyl groups is 2. The van der Waals surface area contributed by atoms with Crippen LogP contribution in [0.2, 0.25) is 0 Å². The Balaban J connectivity index is 0.000000134. The number of carbonyl (C=O) groups excluding carboxylic acids is 1. The molecule has 10 nitrogen and oxygen atoms in total. The van der Waals surface area contributed by atoms with Crippen LogP contribution in [0.15, 0.2) is 24.3 Å². The van der Waals surface area contributed by atoms with Crippen LogP contribution in [0.4, 0.5) is 0 Å². The molecule has 14 rings (SSSR count). The Kier molecular flexibility index (Phi) is 7.55. The Bertz CT molecular complexity index is 2160. The van der Waals surface area contributed by atoms with Crippen molar-refractivity contribution in [1.82, 2.24) is 9.80 Å². The fraction of sp³-hybridized carbons (Fsp3) is 0.735. The van der Waals surface area contributed by atoms with Crippen molar-refractivity contribution in [3.05, 3.63) is 46.5 Å². The second kappa shape index (κ2) is 11.8. The number of nitrogens with zero attached hydrogens (tertiary/aromatic N) is 2. The van der Waals surface area contributed by atoms with Gasteiger partial charge in [-0.2, -0.15) is 0 Å². The summed E-state index contributed by atoms with van der Waals surface area (Å²) in [5.41, 5.74) is 1.24. The van der Waals surface area contributed by atoms with Crippen LogP contribution in [0, 0.1) is 28.6 Å². The van der Waals surface area contributed by atoms with Crippen molar-refractivity contribution in [2.24, 2.45) is 28.6 Å². The molecule has 6 saturated carbocycles. The second-order valence-corrected chi connectivity index (χ2v) is 22.5. The maximum absolute atomic E-state index is 12.7. The highest BCUT2D eigenvalue weighted by atomic mass is 16.6. The number of rotatable bonds is 6. The first-order chi connectivity index (χ1) is 28.1. The number of phenols is 2. The van der Waals surface area contributed by atoms with Crippen LogP contribution in [0.5, 0.6) is 23.0 Å². The van der Waals surface area contributed by atoms with Gasteiger partial charge in [-0.25, -0.2) is 0 Å². The van der Waals surface area contributed by atoms with Crippen LogP contribution in [0.25, 0.3) is 0 Å². The summed E-state index contributed by atoms with van der Waals surface area (Å²) < 4.78 is 19.5. The fourth-order valence-electron chi connectivity index (χ4n) is 15.8. The van der Waals surface area contributed by atoms with Gasteiger partial charge in [-0.05, 0) is 138 Å². The van der Waals surface area contributed by atoms with Crippen molar-refractivity contribution in [2.45, 2.75) is 163 Å². The molecule has 8 fully saturated rings. The maximum atomic E-state index is 12.7. The molecule has 12 aliphatic rings. The third kappa shape index (κ3) is 4.44. The molecule has 4 aliphatic heterocycles. The van der Waals surface area contributed by atoms with Crippen LogP contribution in [0.3, 0.4) is 0 Å². The molecule has 4 N–H and O–H groups in total. The molecule has 59 heavy (non-hydrogen) atoms. The van der Waals surface area contributed by atoms with E-state index in [0.717, 1.165) is 87.5 Å². The molecule has 2 aromatic carbocycles. The van der Waals surface area contributed by atoms with Crippen molar-refractivity contribution in [1.29, 1.82) is 0 Å². The summed E-state index contributed by atoms with van der Waals surface area (Å²) in [7, 11) is 1.83. The number of aromatic hydroxyl groups is 2. The Morgan fingerprint density at radius 3 is 1.97 bits per heavy atom. The van der Waals surface area contributed by atoms with Crippen molar-refractivity contribution in [3.63, 3.8) is 0 Å². The molecule has 4 heterocycles. The fourth-order valence-corrected chi connectivity index (χ4v) is 15.8. The zero-order chi connectivity index (χ0) is 40.9. The van der Waals surface area contributed by atoms with Crippen LogP contribution in [-0.2, 0) is 33.2 Å². The smallest absolute Gasteiger partial charge is 0.174 e. The Morgan fingerprint density at radius 1 is 0.780 bits per heavy atom. The van der Waals surface area contributed by atoms with Gasteiger partial charge in [-0.1, -0.05) is 32.9 Å². The zero-order valence-electron chi connectivity index (χ0n) is 35.7. The van der Waals surface area contributed by atoms with E-state index in [9.17, 15) is 25.2 Å². The highest BCUT2D eigenvalue weighted by molar-refractivity contribution is 5.90. The van der Waals surface area contributed by atoms with Crippen molar-refractivity contribution in [2.75, 3.05) is 33.3 Å². The third-order valence-electron chi connectivity index (χ3n) is 19.4. The quantitative estimate of drug-likeness (QED) is 0.278. The molecule has 2 aromatic rings. The average Bonchev–Trinajstić information content (AvgIpc) is 4.13. The number of hydrogen-bond acceptors (Lipinski definition) is 10. The van der Waals surface area contributed by atoms with E-state index >= 15 is 0 Å². The number of piperidine rings is 2. The Morgan fingerprint density at radius 2 is 1.36 bits per heavy atom. The Hall–Kier alpha value is -2.89. The van der Waals surface area contributed by atoms with Gasteiger partial charge in [-0.3, -0.25) is 14.6 Å². The minimum atomic E-state index is -0.940. The van der Waals surface area contributed by atoms with E-state index in [2.05, 4.69) is 36.6 Å². The van der Waals surface area contributed by atoms with Crippen LogP contribution in [0.1, 0.15) is 121 Å². The molecule has 0 amide bonds. The number of carbonyl (C=O) groups is 1. The lowest BCUT2D eigenvalue weighted by atomic mass is 9.33. The summed E-state index contributed by atoms with van der Waals surface area (Å²) >= 11 is 0. The van der Waals surface area contributed by atoms with E-state index in [1.807, 2.05) is 26.2 Å². The van der Waals surface area contributed by atoms with Crippen LogP contribution in [-0.4, -0.2) is 110 Å². The number of ether oxygens (including phenoxy) is 3. The molecule has 3 spiro atoms. The largest absolute Gasteiger partial charge is 0.504 e. The second-order valence-electron chi connectivity index (χ2n) is 22.5. The first-order valence-electron chi connectivity index (χ1n) is 23.1. The summed E-state index contributed by atoms with van der Waals surface area (Å²) in [6.45, 7) is 12.8. The first-order valence-corrected chi connectivity index (χ1v) is 23.1. The van der Waals surface area contributed by atoms with Crippen LogP contribution >= 0.6 is 0 Å². The molecular formula is C49H64N2O8. The summed E-state index contributed by atoms with van der Waals surface area (Å²) in [6.07, 6.45) is 12.0. The third-order valence-corrected chi connectivity index (χ3v) is 19.4. The number of benzene rings is 2. The predicted molar refractivity (Wildman–Crippen MR) is 220 cm³/mol. The zero-order valence-corrected chi connectivity index (χ0v) is 35.7. The average molecular weight is 809 g/mol. The molecule has 8 aliphatic carbocycles. The van der Waals surface area contributed by atoms with Gasteiger partial charge in [0, 0.05) is 66.6 Å². The molecule has 0 radical (unpaired) electrons. The number of ketones is 1. The van der Waals surface area contributed by atoms with Gasteiger partial charge in [-0.15, -0.1) is 0 Å². The monoisotopic (exact) mass is 808 g/mol. The van der Waals surface area contributed by atoms with Gasteiger partial charge in [0.2, 0.25) is 0 Å². The van der Waals surface area contributed by atoms with E-state index in [-0.39, 0.29) is 51.6 Å². The normalized spacial score (nSPS) is 42.8. The molecule has 318 valence electrons. The minimum Gasteiger partial charge on any atom is -0.504 e. The van der Waals surface area contributed by atoms with Crippen molar-refractivity contribution < 1.29 is 39.4 Å². The SMILES string of the molecule is CO[C@]12CC[C@@]3(C[C@@H]1[C@](C)(O)C(C)(C)C)[C@H]1Cc4ccc(O)c5c4[C@@]3(CCN1CC1CC1)[C@H]2O5.O=C1CC[C@@]2(O)[C@H]3Cc4ccc(O)c5c4[C@@]2(CCN3CC2CC2)[C@H]1O5. The summed E-state index contributed by atoms with van der Waals surface area (Å²) in [6, 6.07) is 8.15. The highest BCUT2D eigenvalue weighted by Gasteiger charge is 2.82. The lowest BCUT2D eigenvalue weighted by Crippen LogP contribution is -2.83. The Labute approximate surface area is 348 Å². The number of phenolic OH excluding ortho intramolecular Hbond substituents is 2. The van der Waals surface area contributed by atoms with Gasteiger partial charge in [0.05, 0.1) is 16.6 Å². The van der Waals surface area contributed by atoms with Gasteiger partial charge >= 0.3 is 0 Å². The van der Waals surface area contributed by atoms with E-state index in [1.54, 1.807) is 6.07 Å². The highest BCUT2D eigenvalue weighted by Crippen LogP contribution is 2.78. The van der Waals surface area contributed by atoms with Crippen molar-refractivity contribution in [3.8, 4) is 23.0 Å². The topological polar surface area (TPSA) is 132 Å². The molecule has 0 aromatic heterocycles. The van der Waals surface area contributed by atoms with E-state index in [1.165, 1.54) is 43.4 Å². The first kappa shape index (κ1) is 37.8.